The number of hydrogen-bond donors (Lipinski definition) is 3. The molecule has 0 spiro atoms. The van der Waals surface area contributed by atoms with E-state index in [4.69, 9.17) is 4.74 Å². The maximum absolute atomic E-state index is 14.1. The molecule has 11 atom stereocenters. The number of ether oxygens (including phenoxy) is 1. The van der Waals surface area contributed by atoms with Crippen LogP contribution < -0.4 is 5.32 Å². The van der Waals surface area contributed by atoms with Gasteiger partial charge < -0.3 is 20.3 Å². The molecule has 5 aliphatic carbocycles. The zero-order valence-corrected chi connectivity index (χ0v) is 27.2. The molecule has 1 amide bonds. The highest BCUT2D eigenvalue weighted by Gasteiger charge is 2.69. The number of aliphatic carboxylic acids is 1. The molecule has 3 N–H and O–H groups in total. The van der Waals surface area contributed by atoms with E-state index in [2.05, 4.69) is 59.9 Å². The minimum atomic E-state index is -1.28. The lowest BCUT2D eigenvalue weighted by Crippen LogP contribution is -2.66. The van der Waals surface area contributed by atoms with E-state index >= 15 is 0 Å². The molecule has 7 nitrogen and oxygen atoms in total. The van der Waals surface area contributed by atoms with Gasteiger partial charge in [0.15, 0.2) is 0 Å². The van der Waals surface area contributed by atoms with E-state index in [0.29, 0.717) is 23.7 Å². The van der Waals surface area contributed by atoms with Crippen molar-refractivity contribution >= 4 is 17.8 Å². The summed E-state index contributed by atoms with van der Waals surface area (Å²) in [5, 5.41) is 22.1. The smallest absolute Gasteiger partial charge is 0.328 e. The van der Waals surface area contributed by atoms with Gasteiger partial charge in [0.05, 0.1) is 12.0 Å². The number of carboxylic acids is 1. The number of hydrogen-bond acceptors (Lipinski definition) is 5. The Hall–Kier alpha value is -1.89. The van der Waals surface area contributed by atoms with Crippen molar-refractivity contribution in [1.29, 1.82) is 0 Å². The molecule has 4 fully saturated rings. The van der Waals surface area contributed by atoms with Crippen LogP contribution in [0.25, 0.3) is 0 Å². The standard InChI is InChI=1S/C35H55NO6/c1-20-11-16-35(30(41)36-24(19-37)29(39)40)18-17-33(7)23(28(35)21(20)2)9-10-26-32(6)14-13-27(42-22(3)38)31(4,5)25(32)12-15-34(26,33)8/h9,20-21,24-28,37H,10-19H2,1-8H3,(H,36,41)(H,39,40)/t20-,21+,24?,25+,26-,27+,28+,32+,33-,34-,35+/m1/s1. The lowest BCUT2D eigenvalue weighted by molar-refractivity contribution is -0.212. The SMILES string of the molecule is CC(=O)O[C@H]1CC[C@]2(C)[C@H]3CC=C4[C@@H]5[C@@H](C)[C@H](C)CC[C@]5(C(=O)NC(CO)C(=O)O)CC[C@@]4(C)[C@]3(C)CC[C@H]2C1(C)C. The number of fused-ring (bicyclic) bond motifs is 7. The summed E-state index contributed by atoms with van der Waals surface area (Å²) in [5.41, 5.74) is 0.854. The van der Waals surface area contributed by atoms with Crippen LogP contribution in [0.1, 0.15) is 113 Å². The number of carbonyl (C=O) groups is 3. The second kappa shape index (κ2) is 10.3. The molecule has 0 aromatic rings. The number of esters is 1. The zero-order valence-electron chi connectivity index (χ0n) is 27.2. The third-order valence-corrected chi connectivity index (χ3v) is 14.5. The molecule has 5 rings (SSSR count). The second-order valence-corrected chi connectivity index (χ2v) is 16.3. The van der Waals surface area contributed by atoms with Gasteiger partial charge in [0.2, 0.25) is 5.91 Å². The summed E-state index contributed by atoms with van der Waals surface area (Å²) >= 11 is 0. The fourth-order valence-corrected chi connectivity index (χ4v) is 11.8. The van der Waals surface area contributed by atoms with E-state index in [0.717, 1.165) is 57.8 Å². The third-order valence-electron chi connectivity index (χ3n) is 14.5. The van der Waals surface area contributed by atoms with Gasteiger partial charge >= 0.3 is 11.9 Å². The Morgan fingerprint density at radius 1 is 0.976 bits per heavy atom. The van der Waals surface area contributed by atoms with E-state index in [-0.39, 0.29) is 45.6 Å². The maximum Gasteiger partial charge on any atom is 0.328 e. The van der Waals surface area contributed by atoms with E-state index in [1.54, 1.807) is 0 Å². The van der Waals surface area contributed by atoms with Crippen LogP contribution in [0.4, 0.5) is 0 Å². The Bertz CT molecular complexity index is 1160. The van der Waals surface area contributed by atoms with Gasteiger partial charge in [0, 0.05) is 12.3 Å². The number of nitrogens with one attached hydrogen (secondary N) is 1. The first-order valence-electron chi connectivity index (χ1n) is 16.5. The van der Waals surface area contributed by atoms with Crippen molar-refractivity contribution in [3.8, 4) is 0 Å². The molecule has 1 unspecified atom stereocenters. The number of carbonyl (C=O) groups excluding carboxylic acids is 2. The topological polar surface area (TPSA) is 113 Å². The summed E-state index contributed by atoms with van der Waals surface area (Å²) in [6, 6.07) is -1.28. The van der Waals surface area contributed by atoms with Crippen molar-refractivity contribution in [2.45, 2.75) is 125 Å². The highest BCUT2D eigenvalue weighted by Crippen LogP contribution is 2.75. The molecule has 0 bridgehead atoms. The fourth-order valence-electron chi connectivity index (χ4n) is 11.8. The van der Waals surface area contributed by atoms with Crippen LogP contribution in [0, 0.1) is 56.7 Å². The highest BCUT2D eigenvalue weighted by molar-refractivity contribution is 5.88. The molecule has 0 aromatic carbocycles. The summed E-state index contributed by atoms with van der Waals surface area (Å²) in [4.78, 5) is 37.8. The van der Waals surface area contributed by atoms with Crippen molar-refractivity contribution in [2.24, 2.45) is 56.7 Å². The molecule has 5 aliphatic rings. The summed E-state index contributed by atoms with van der Waals surface area (Å²) < 4.78 is 5.89. The fraction of sp³-hybridized carbons (Fsp3) is 0.857. The van der Waals surface area contributed by atoms with Crippen LogP contribution in [0.3, 0.4) is 0 Å². The quantitative estimate of drug-likeness (QED) is 0.264. The van der Waals surface area contributed by atoms with Crippen molar-refractivity contribution in [3.63, 3.8) is 0 Å². The molecule has 0 aromatic heterocycles. The van der Waals surface area contributed by atoms with Crippen molar-refractivity contribution < 1.29 is 29.3 Å². The molecule has 4 saturated carbocycles. The largest absolute Gasteiger partial charge is 0.480 e. The molecule has 7 heteroatoms. The van der Waals surface area contributed by atoms with Crippen molar-refractivity contribution in [2.75, 3.05) is 6.61 Å². The monoisotopic (exact) mass is 585 g/mol. The number of aliphatic hydroxyl groups excluding tert-OH is 1. The number of amides is 1. The van der Waals surface area contributed by atoms with Gasteiger partial charge in [-0.3, -0.25) is 9.59 Å². The molecule has 236 valence electrons. The maximum atomic E-state index is 14.1. The molecule has 42 heavy (non-hydrogen) atoms. The third kappa shape index (κ3) is 4.25. The molecular weight excluding hydrogens is 530 g/mol. The average Bonchev–Trinajstić information content (AvgIpc) is 2.90. The lowest BCUT2D eigenvalue weighted by atomic mass is 9.33. The van der Waals surface area contributed by atoms with Gasteiger partial charge in [-0.15, -0.1) is 0 Å². The second-order valence-electron chi connectivity index (χ2n) is 16.3. The Balaban J connectivity index is 1.54. The minimum Gasteiger partial charge on any atom is -0.480 e. The number of carboxylic acid groups (broad SMARTS) is 1. The van der Waals surface area contributed by atoms with Gasteiger partial charge in [-0.2, -0.15) is 0 Å². The number of aliphatic hydroxyl groups is 1. The van der Waals surface area contributed by atoms with Gasteiger partial charge in [0.25, 0.3) is 0 Å². The van der Waals surface area contributed by atoms with E-state index in [1.807, 2.05) is 0 Å². The first kappa shape index (κ1) is 31.5. The van der Waals surface area contributed by atoms with E-state index < -0.39 is 24.0 Å². The summed E-state index contributed by atoms with van der Waals surface area (Å²) in [5.74, 6) is 0.236. The Morgan fingerprint density at radius 3 is 2.29 bits per heavy atom. The highest BCUT2D eigenvalue weighted by atomic mass is 16.5. The lowest BCUT2D eigenvalue weighted by Gasteiger charge is -2.71. The molecular formula is C35H55NO6. The first-order valence-corrected chi connectivity index (χ1v) is 16.5. The van der Waals surface area contributed by atoms with Crippen molar-refractivity contribution in [3.05, 3.63) is 11.6 Å². The summed E-state index contributed by atoms with van der Waals surface area (Å²) in [7, 11) is 0. The minimum absolute atomic E-state index is 0.0466. The van der Waals surface area contributed by atoms with Crippen LogP contribution >= 0.6 is 0 Å². The average molecular weight is 586 g/mol. The van der Waals surface area contributed by atoms with Crippen LogP contribution in [0.15, 0.2) is 11.6 Å². The Labute approximate surface area is 252 Å². The van der Waals surface area contributed by atoms with E-state index in [9.17, 15) is 24.6 Å². The molecule has 0 radical (unpaired) electrons. The van der Waals surface area contributed by atoms with E-state index in [1.165, 1.54) is 12.5 Å². The normalized spacial score (nSPS) is 46.5. The van der Waals surface area contributed by atoms with Crippen LogP contribution in [-0.4, -0.2) is 46.8 Å². The number of rotatable bonds is 5. The number of allylic oxidation sites excluding steroid dienone is 2. The molecule has 0 saturated heterocycles. The Kier molecular flexibility index (Phi) is 7.76. The summed E-state index contributed by atoms with van der Waals surface area (Å²) in [6.07, 6.45) is 11.0. The predicted octanol–water partition coefficient (Wildman–Crippen LogP) is 6.14. The first-order chi connectivity index (χ1) is 19.5. The van der Waals surface area contributed by atoms with Crippen LogP contribution in [-0.2, 0) is 19.1 Å². The molecule has 0 heterocycles. The van der Waals surface area contributed by atoms with Crippen molar-refractivity contribution in [1.82, 2.24) is 5.32 Å². The summed E-state index contributed by atoms with van der Waals surface area (Å²) in [6.45, 7) is 17.7. The van der Waals surface area contributed by atoms with Gasteiger partial charge in [0.1, 0.15) is 12.1 Å². The molecule has 0 aliphatic heterocycles. The zero-order chi connectivity index (χ0) is 31.0. The Morgan fingerprint density at radius 2 is 1.67 bits per heavy atom. The van der Waals surface area contributed by atoms with Crippen LogP contribution in [0.2, 0.25) is 0 Å². The van der Waals surface area contributed by atoms with Crippen LogP contribution in [0.5, 0.6) is 0 Å². The predicted molar refractivity (Wildman–Crippen MR) is 161 cm³/mol. The van der Waals surface area contributed by atoms with Gasteiger partial charge in [-0.1, -0.05) is 60.1 Å². The van der Waals surface area contributed by atoms with Gasteiger partial charge in [-0.25, -0.2) is 4.79 Å². The van der Waals surface area contributed by atoms with Gasteiger partial charge in [-0.05, 0) is 104 Å².